The predicted molar refractivity (Wildman–Crippen MR) is 77.3 cm³/mol. The zero-order valence-electron chi connectivity index (χ0n) is 10.8. The summed E-state index contributed by atoms with van der Waals surface area (Å²) < 4.78 is 5.70. The van der Waals surface area contributed by atoms with Crippen molar-refractivity contribution in [1.29, 1.82) is 0 Å². The summed E-state index contributed by atoms with van der Waals surface area (Å²) in [5, 5.41) is 10.7. The molecule has 5 nitrogen and oxygen atoms in total. The quantitative estimate of drug-likeness (QED) is 0.686. The molecule has 0 aliphatic rings. The molecule has 0 bridgehead atoms. The molecule has 0 radical (unpaired) electrons. The minimum atomic E-state index is -0.535. The normalized spacial score (nSPS) is 10.3. The van der Waals surface area contributed by atoms with Gasteiger partial charge in [0.25, 0.3) is 5.69 Å². The number of halogens is 1. The van der Waals surface area contributed by atoms with Crippen molar-refractivity contribution >= 4 is 17.3 Å². The van der Waals surface area contributed by atoms with Gasteiger partial charge in [0.05, 0.1) is 4.92 Å². The van der Waals surface area contributed by atoms with Crippen LogP contribution in [0.1, 0.15) is 11.1 Å². The van der Waals surface area contributed by atoms with Crippen molar-refractivity contribution < 1.29 is 9.66 Å². The molecule has 2 aromatic carbocycles. The van der Waals surface area contributed by atoms with Crippen molar-refractivity contribution in [2.24, 2.45) is 5.73 Å². The Balaban J connectivity index is 2.30. The first-order valence-electron chi connectivity index (χ1n) is 5.92. The second kappa shape index (κ2) is 5.90. The summed E-state index contributed by atoms with van der Waals surface area (Å²) in [7, 11) is 0. The first kappa shape index (κ1) is 14.3. The van der Waals surface area contributed by atoms with Gasteiger partial charge in [-0.1, -0.05) is 23.7 Å². The number of nitro groups is 1. The number of rotatable bonds is 4. The zero-order chi connectivity index (χ0) is 14.7. The van der Waals surface area contributed by atoms with E-state index in [0.29, 0.717) is 18.0 Å². The lowest BCUT2D eigenvalue weighted by Gasteiger charge is -2.10. The Kier molecular flexibility index (Phi) is 4.22. The van der Waals surface area contributed by atoms with Crippen molar-refractivity contribution in [1.82, 2.24) is 0 Å². The maximum atomic E-state index is 10.7. The number of ether oxygens (including phenoxy) is 1. The van der Waals surface area contributed by atoms with Gasteiger partial charge in [-0.2, -0.15) is 0 Å². The van der Waals surface area contributed by atoms with Crippen LogP contribution in [0.15, 0.2) is 36.4 Å². The Labute approximate surface area is 121 Å². The van der Waals surface area contributed by atoms with Gasteiger partial charge in [0.2, 0.25) is 0 Å². The van der Waals surface area contributed by atoms with E-state index in [4.69, 9.17) is 22.1 Å². The second-order valence-electron chi connectivity index (χ2n) is 4.28. The van der Waals surface area contributed by atoms with Gasteiger partial charge in [0.15, 0.2) is 0 Å². The maximum Gasteiger partial charge on any atom is 0.288 e. The van der Waals surface area contributed by atoms with E-state index >= 15 is 0 Å². The number of benzene rings is 2. The molecule has 0 aliphatic heterocycles. The summed E-state index contributed by atoms with van der Waals surface area (Å²) in [5.74, 6) is 1.09. The first-order valence-corrected chi connectivity index (χ1v) is 6.30. The van der Waals surface area contributed by atoms with E-state index < -0.39 is 4.92 Å². The molecule has 0 unspecified atom stereocenters. The minimum absolute atomic E-state index is 0.0418. The van der Waals surface area contributed by atoms with Crippen LogP contribution in [0.25, 0.3) is 0 Å². The SMILES string of the molecule is Cc1ccc(CN)cc1Oc1ccc([N+](=O)[O-])c(Cl)c1. The molecule has 0 amide bonds. The highest BCUT2D eigenvalue weighted by Gasteiger charge is 2.13. The van der Waals surface area contributed by atoms with Gasteiger partial charge < -0.3 is 10.5 Å². The third-order valence-electron chi connectivity index (χ3n) is 2.83. The van der Waals surface area contributed by atoms with Gasteiger partial charge in [-0.05, 0) is 30.2 Å². The molecule has 2 N–H and O–H groups in total. The largest absolute Gasteiger partial charge is 0.457 e. The van der Waals surface area contributed by atoms with Gasteiger partial charge in [-0.15, -0.1) is 0 Å². The van der Waals surface area contributed by atoms with E-state index in [1.807, 2.05) is 25.1 Å². The Bertz CT molecular complexity index is 659. The molecule has 0 spiro atoms. The molecular weight excluding hydrogens is 280 g/mol. The van der Waals surface area contributed by atoms with Gasteiger partial charge in [0.1, 0.15) is 16.5 Å². The van der Waals surface area contributed by atoms with Crippen LogP contribution in [0.4, 0.5) is 5.69 Å². The molecule has 104 valence electrons. The second-order valence-corrected chi connectivity index (χ2v) is 4.68. The van der Waals surface area contributed by atoms with Crippen LogP contribution in [0.2, 0.25) is 5.02 Å². The molecule has 6 heteroatoms. The third kappa shape index (κ3) is 3.07. The Morgan fingerprint density at radius 1 is 1.30 bits per heavy atom. The summed E-state index contributed by atoms with van der Waals surface area (Å²) in [6.07, 6.45) is 0. The van der Waals surface area contributed by atoms with E-state index in [1.165, 1.54) is 18.2 Å². The van der Waals surface area contributed by atoms with Crippen LogP contribution in [0, 0.1) is 17.0 Å². The summed E-state index contributed by atoms with van der Waals surface area (Å²) in [6.45, 7) is 2.32. The summed E-state index contributed by atoms with van der Waals surface area (Å²) in [6, 6.07) is 9.92. The topological polar surface area (TPSA) is 78.4 Å². The highest BCUT2D eigenvalue weighted by molar-refractivity contribution is 6.32. The standard InChI is InChI=1S/C14H13ClN2O3/c1-9-2-3-10(8-16)6-14(9)20-11-4-5-13(17(18)19)12(15)7-11/h2-7H,8,16H2,1H3. The minimum Gasteiger partial charge on any atom is -0.457 e. The van der Waals surface area contributed by atoms with Crippen molar-refractivity contribution in [3.05, 3.63) is 62.7 Å². The summed E-state index contributed by atoms with van der Waals surface area (Å²) in [4.78, 5) is 10.2. The number of nitrogens with zero attached hydrogens (tertiary/aromatic N) is 1. The molecule has 0 saturated carbocycles. The Morgan fingerprint density at radius 3 is 2.65 bits per heavy atom. The lowest BCUT2D eigenvalue weighted by Crippen LogP contribution is -1.97. The molecule has 2 aromatic rings. The van der Waals surface area contributed by atoms with E-state index in [0.717, 1.165) is 11.1 Å². The third-order valence-corrected chi connectivity index (χ3v) is 3.13. The van der Waals surface area contributed by atoms with E-state index in [2.05, 4.69) is 0 Å². The van der Waals surface area contributed by atoms with Crippen LogP contribution < -0.4 is 10.5 Å². The summed E-state index contributed by atoms with van der Waals surface area (Å²) >= 11 is 5.85. The Morgan fingerprint density at radius 2 is 2.05 bits per heavy atom. The van der Waals surface area contributed by atoms with Crippen LogP contribution >= 0.6 is 11.6 Å². The fourth-order valence-corrected chi connectivity index (χ4v) is 1.95. The molecule has 2 rings (SSSR count). The molecule has 0 atom stereocenters. The van der Waals surface area contributed by atoms with Gasteiger partial charge in [-0.3, -0.25) is 10.1 Å². The van der Waals surface area contributed by atoms with Crippen molar-refractivity contribution in [3.63, 3.8) is 0 Å². The van der Waals surface area contributed by atoms with Crippen LogP contribution in [0.3, 0.4) is 0 Å². The molecular formula is C14H13ClN2O3. The van der Waals surface area contributed by atoms with Crippen molar-refractivity contribution in [3.8, 4) is 11.5 Å². The lowest BCUT2D eigenvalue weighted by atomic mass is 10.1. The van der Waals surface area contributed by atoms with Crippen molar-refractivity contribution in [2.45, 2.75) is 13.5 Å². The van der Waals surface area contributed by atoms with Gasteiger partial charge in [0, 0.05) is 18.7 Å². The number of nitrogens with two attached hydrogens (primary N) is 1. The average molecular weight is 293 g/mol. The van der Waals surface area contributed by atoms with Crippen molar-refractivity contribution in [2.75, 3.05) is 0 Å². The highest BCUT2D eigenvalue weighted by Crippen LogP contribution is 2.32. The number of nitro benzene ring substituents is 1. The predicted octanol–water partition coefficient (Wildman–Crippen LogP) is 3.81. The first-order chi connectivity index (χ1) is 9.51. The Hall–Kier alpha value is -2.11. The molecule has 0 saturated heterocycles. The fraction of sp³-hybridized carbons (Fsp3) is 0.143. The monoisotopic (exact) mass is 292 g/mol. The van der Waals surface area contributed by atoms with E-state index in [1.54, 1.807) is 0 Å². The summed E-state index contributed by atoms with van der Waals surface area (Å²) in [5.41, 5.74) is 7.33. The van der Waals surface area contributed by atoms with Crippen LogP contribution in [-0.2, 0) is 6.54 Å². The van der Waals surface area contributed by atoms with Gasteiger partial charge in [-0.25, -0.2) is 0 Å². The number of hydrogen-bond donors (Lipinski definition) is 1. The maximum absolute atomic E-state index is 10.7. The van der Waals surface area contributed by atoms with E-state index in [-0.39, 0.29) is 10.7 Å². The van der Waals surface area contributed by atoms with E-state index in [9.17, 15) is 10.1 Å². The molecule has 0 fully saturated rings. The highest BCUT2D eigenvalue weighted by atomic mass is 35.5. The number of aryl methyl sites for hydroxylation is 1. The average Bonchev–Trinajstić information content (AvgIpc) is 2.41. The number of hydrogen-bond acceptors (Lipinski definition) is 4. The molecule has 0 aromatic heterocycles. The molecule has 0 heterocycles. The smallest absolute Gasteiger partial charge is 0.288 e. The lowest BCUT2D eigenvalue weighted by molar-refractivity contribution is -0.384. The van der Waals surface area contributed by atoms with Crippen LogP contribution in [0.5, 0.6) is 11.5 Å². The van der Waals surface area contributed by atoms with Gasteiger partial charge >= 0.3 is 0 Å². The molecule has 0 aliphatic carbocycles. The zero-order valence-corrected chi connectivity index (χ0v) is 11.6. The fourth-order valence-electron chi connectivity index (χ4n) is 1.71. The van der Waals surface area contributed by atoms with Crippen LogP contribution in [-0.4, -0.2) is 4.92 Å². The molecule has 20 heavy (non-hydrogen) atoms.